The summed E-state index contributed by atoms with van der Waals surface area (Å²) in [6.07, 6.45) is 1.89. The summed E-state index contributed by atoms with van der Waals surface area (Å²) in [5, 5.41) is 10.1. The molecule has 16 heavy (non-hydrogen) atoms. The molecule has 1 fully saturated rings. The Bertz CT molecular complexity index is 391. The summed E-state index contributed by atoms with van der Waals surface area (Å²) >= 11 is 1.69. The van der Waals surface area contributed by atoms with Gasteiger partial charge in [-0.1, -0.05) is 6.92 Å². The molecule has 5 heteroatoms. The fourth-order valence-electron chi connectivity index (χ4n) is 2.22. The van der Waals surface area contributed by atoms with Crippen LogP contribution in [0.2, 0.25) is 0 Å². The zero-order valence-electron chi connectivity index (χ0n) is 9.51. The van der Waals surface area contributed by atoms with Crippen LogP contribution in [0, 0.1) is 18.8 Å². The lowest BCUT2D eigenvalue weighted by Crippen LogP contribution is -2.22. The average molecular weight is 240 g/mol. The van der Waals surface area contributed by atoms with Crippen LogP contribution in [0.1, 0.15) is 16.8 Å². The Hall–Kier alpha value is -0.940. The number of thiazole rings is 1. The quantitative estimate of drug-likeness (QED) is 0.872. The monoisotopic (exact) mass is 240 g/mol. The number of aliphatic carboxylic acids is 1. The zero-order chi connectivity index (χ0) is 11.7. The fraction of sp³-hybridized carbons (Fsp3) is 0.636. The standard InChI is InChI=1S/C11H16N2O2S/c1-7-4-13(6-10(7)11(14)15)5-9-3-12-8(2)16-9/h3,7,10H,4-6H2,1-2H3,(H,14,15). The molecule has 0 spiro atoms. The van der Waals surface area contributed by atoms with Gasteiger partial charge in [-0.05, 0) is 12.8 Å². The van der Waals surface area contributed by atoms with E-state index >= 15 is 0 Å². The molecule has 0 amide bonds. The van der Waals surface area contributed by atoms with E-state index in [1.54, 1.807) is 11.3 Å². The first-order valence-electron chi connectivity index (χ1n) is 5.42. The molecule has 0 aliphatic carbocycles. The van der Waals surface area contributed by atoms with Crippen LogP contribution in [0.4, 0.5) is 0 Å². The molecule has 88 valence electrons. The van der Waals surface area contributed by atoms with Crippen LogP contribution < -0.4 is 0 Å². The zero-order valence-corrected chi connectivity index (χ0v) is 10.3. The highest BCUT2D eigenvalue weighted by Gasteiger charge is 2.34. The van der Waals surface area contributed by atoms with Crippen molar-refractivity contribution in [2.75, 3.05) is 13.1 Å². The predicted octanol–water partition coefficient (Wildman–Crippen LogP) is 1.60. The largest absolute Gasteiger partial charge is 0.481 e. The Morgan fingerprint density at radius 1 is 1.69 bits per heavy atom. The van der Waals surface area contributed by atoms with Crippen LogP contribution in [-0.4, -0.2) is 34.0 Å². The molecule has 1 saturated heterocycles. The number of nitrogens with zero attached hydrogens (tertiary/aromatic N) is 2. The summed E-state index contributed by atoms with van der Waals surface area (Å²) in [6, 6.07) is 0. The number of hydrogen-bond donors (Lipinski definition) is 1. The van der Waals surface area contributed by atoms with Crippen LogP contribution >= 0.6 is 11.3 Å². The second kappa shape index (κ2) is 4.51. The summed E-state index contributed by atoms with van der Waals surface area (Å²) in [5.74, 6) is -0.643. The maximum atomic E-state index is 11.0. The highest BCUT2D eigenvalue weighted by atomic mass is 32.1. The van der Waals surface area contributed by atoms with Gasteiger partial charge in [-0.3, -0.25) is 9.69 Å². The van der Waals surface area contributed by atoms with E-state index in [1.165, 1.54) is 4.88 Å². The third-order valence-corrected chi connectivity index (χ3v) is 3.95. The smallest absolute Gasteiger partial charge is 0.308 e. The van der Waals surface area contributed by atoms with Gasteiger partial charge in [-0.15, -0.1) is 11.3 Å². The Morgan fingerprint density at radius 2 is 2.44 bits per heavy atom. The van der Waals surface area contributed by atoms with Gasteiger partial charge in [0.15, 0.2) is 0 Å². The summed E-state index contributed by atoms with van der Waals surface area (Å²) in [4.78, 5) is 18.6. The third kappa shape index (κ3) is 2.41. The second-order valence-corrected chi connectivity index (χ2v) is 5.78. The first-order chi connectivity index (χ1) is 7.56. The lowest BCUT2D eigenvalue weighted by Gasteiger charge is -2.12. The highest BCUT2D eigenvalue weighted by Crippen LogP contribution is 2.25. The van der Waals surface area contributed by atoms with E-state index in [2.05, 4.69) is 9.88 Å². The van der Waals surface area contributed by atoms with Crippen molar-refractivity contribution in [1.29, 1.82) is 0 Å². The van der Waals surface area contributed by atoms with Crippen molar-refractivity contribution in [1.82, 2.24) is 9.88 Å². The van der Waals surface area contributed by atoms with E-state index in [4.69, 9.17) is 5.11 Å². The molecular weight excluding hydrogens is 224 g/mol. The van der Waals surface area contributed by atoms with Gasteiger partial charge < -0.3 is 5.11 Å². The van der Waals surface area contributed by atoms with Crippen molar-refractivity contribution in [3.8, 4) is 0 Å². The number of likely N-dealkylation sites (tertiary alicyclic amines) is 1. The minimum atomic E-state index is -0.671. The van der Waals surface area contributed by atoms with E-state index in [1.807, 2.05) is 20.0 Å². The molecule has 1 aromatic heterocycles. The third-order valence-electron chi connectivity index (χ3n) is 3.05. The van der Waals surface area contributed by atoms with Crippen molar-refractivity contribution in [2.24, 2.45) is 11.8 Å². The molecule has 1 aliphatic heterocycles. The van der Waals surface area contributed by atoms with E-state index < -0.39 is 5.97 Å². The van der Waals surface area contributed by atoms with E-state index in [-0.39, 0.29) is 11.8 Å². The number of carboxylic acids is 1. The number of carbonyl (C=O) groups is 1. The Kier molecular flexibility index (Phi) is 3.25. The molecule has 0 saturated carbocycles. The second-order valence-electron chi connectivity index (χ2n) is 4.46. The van der Waals surface area contributed by atoms with Crippen LogP contribution in [0.3, 0.4) is 0 Å². The van der Waals surface area contributed by atoms with Crippen LogP contribution in [0.25, 0.3) is 0 Å². The van der Waals surface area contributed by atoms with Gasteiger partial charge >= 0.3 is 5.97 Å². The maximum Gasteiger partial charge on any atom is 0.308 e. The number of rotatable bonds is 3. The number of carboxylic acid groups (broad SMARTS) is 1. The van der Waals surface area contributed by atoms with Crippen LogP contribution in [0.5, 0.6) is 0 Å². The van der Waals surface area contributed by atoms with Gasteiger partial charge in [0, 0.05) is 30.7 Å². The topological polar surface area (TPSA) is 53.4 Å². The van der Waals surface area contributed by atoms with Crippen molar-refractivity contribution in [3.63, 3.8) is 0 Å². The van der Waals surface area contributed by atoms with Crippen molar-refractivity contribution >= 4 is 17.3 Å². The van der Waals surface area contributed by atoms with Gasteiger partial charge in [0.1, 0.15) is 0 Å². The molecular formula is C11H16N2O2S. The minimum absolute atomic E-state index is 0.214. The van der Waals surface area contributed by atoms with Crippen molar-refractivity contribution < 1.29 is 9.90 Å². The molecule has 2 rings (SSSR count). The number of aryl methyl sites for hydroxylation is 1. The van der Waals surface area contributed by atoms with Crippen molar-refractivity contribution in [2.45, 2.75) is 20.4 Å². The molecule has 2 heterocycles. The first-order valence-corrected chi connectivity index (χ1v) is 6.24. The van der Waals surface area contributed by atoms with Gasteiger partial charge in [0.2, 0.25) is 0 Å². The molecule has 1 N–H and O–H groups in total. The molecule has 4 nitrogen and oxygen atoms in total. The number of hydrogen-bond acceptors (Lipinski definition) is 4. The average Bonchev–Trinajstić information content (AvgIpc) is 2.73. The SMILES string of the molecule is Cc1ncc(CN2CC(C)C(C(=O)O)C2)s1. The molecule has 0 aromatic carbocycles. The van der Waals surface area contributed by atoms with Gasteiger partial charge in [0.05, 0.1) is 10.9 Å². The summed E-state index contributed by atoms with van der Waals surface area (Å²) in [7, 11) is 0. The van der Waals surface area contributed by atoms with Gasteiger partial charge in [0.25, 0.3) is 0 Å². The minimum Gasteiger partial charge on any atom is -0.481 e. The van der Waals surface area contributed by atoms with Gasteiger partial charge in [-0.25, -0.2) is 4.98 Å². The molecule has 2 unspecified atom stereocenters. The van der Waals surface area contributed by atoms with Crippen molar-refractivity contribution in [3.05, 3.63) is 16.1 Å². The lowest BCUT2D eigenvalue weighted by atomic mass is 9.99. The van der Waals surface area contributed by atoms with Gasteiger partial charge in [-0.2, -0.15) is 0 Å². The molecule has 2 atom stereocenters. The predicted molar refractivity (Wildman–Crippen MR) is 62.4 cm³/mol. The normalized spacial score (nSPS) is 26.1. The summed E-state index contributed by atoms with van der Waals surface area (Å²) in [5.41, 5.74) is 0. The molecule has 0 bridgehead atoms. The van der Waals surface area contributed by atoms with E-state index in [0.29, 0.717) is 6.54 Å². The Balaban J connectivity index is 1.96. The highest BCUT2D eigenvalue weighted by molar-refractivity contribution is 7.11. The van der Waals surface area contributed by atoms with E-state index in [9.17, 15) is 4.79 Å². The summed E-state index contributed by atoms with van der Waals surface area (Å²) < 4.78 is 0. The lowest BCUT2D eigenvalue weighted by molar-refractivity contribution is -0.142. The van der Waals surface area contributed by atoms with E-state index in [0.717, 1.165) is 18.1 Å². The molecule has 0 radical (unpaired) electrons. The number of aromatic nitrogens is 1. The molecule has 1 aliphatic rings. The maximum absolute atomic E-state index is 11.0. The summed E-state index contributed by atoms with van der Waals surface area (Å²) in [6.45, 7) is 6.36. The first kappa shape index (κ1) is 11.5. The Morgan fingerprint density at radius 3 is 2.94 bits per heavy atom. The van der Waals surface area contributed by atoms with Crippen LogP contribution in [-0.2, 0) is 11.3 Å². The van der Waals surface area contributed by atoms with Crippen LogP contribution in [0.15, 0.2) is 6.20 Å². The fourth-order valence-corrected chi connectivity index (χ4v) is 3.05. The Labute approximate surface area is 98.9 Å². The molecule has 1 aromatic rings.